The van der Waals surface area contributed by atoms with Crippen LogP contribution in [0.1, 0.15) is 12.5 Å². The molecule has 0 radical (unpaired) electrons. The van der Waals surface area contributed by atoms with Gasteiger partial charge in [0.25, 0.3) is 0 Å². The zero-order chi connectivity index (χ0) is 10.4. The van der Waals surface area contributed by atoms with Crippen molar-refractivity contribution in [3.63, 3.8) is 0 Å². The van der Waals surface area contributed by atoms with Crippen LogP contribution in [0.4, 0.5) is 4.39 Å². The maximum atomic E-state index is 12.8. The fraction of sp³-hybridized carbons (Fsp3) is 0.455. The van der Waals surface area contributed by atoms with E-state index in [1.165, 1.54) is 6.07 Å². The van der Waals surface area contributed by atoms with E-state index < -0.39 is 0 Å². The summed E-state index contributed by atoms with van der Waals surface area (Å²) in [6, 6.07) is 7.06. The average Bonchev–Trinajstić information content (AvgIpc) is 2.15. The van der Waals surface area contributed by atoms with E-state index in [2.05, 4.69) is 17.6 Å². The number of benzene rings is 1. The lowest BCUT2D eigenvalue weighted by Gasteiger charge is -2.12. The third-order valence-corrected chi connectivity index (χ3v) is 2.05. The fourth-order valence-corrected chi connectivity index (χ4v) is 1.32. The lowest BCUT2D eigenvalue weighted by Crippen LogP contribution is -2.34. The molecular weight excluding hydrogens is 179 g/mol. The van der Waals surface area contributed by atoms with Gasteiger partial charge >= 0.3 is 0 Å². The molecule has 0 aliphatic heterocycles. The molecule has 0 aliphatic carbocycles. The predicted octanol–water partition coefficient (Wildman–Crippen LogP) is 1.52. The van der Waals surface area contributed by atoms with Gasteiger partial charge in [-0.2, -0.15) is 0 Å². The standard InChI is InChI=1S/C11H17FN2/c1-9(7-13-2)14-8-10-4-3-5-11(12)6-10/h3-6,9,13-14H,7-8H2,1-2H3. The van der Waals surface area contributed by atoms with E-state index in [0.717, 1.165) is 12.1 Å². The molecule has 14 heavy (non-hydrogen) atoms. The molecule has 0 heterocycles. The summed E-state index contributed by atoms with van der Waals surface area (Å²) in [6.45, 7) is 3.71. The third-order valence-electron chi connectivity index (χ3n) is 2.05. The van der Waals surface area contributed by atoms with Crippen LogP contribution in [-0.2, 0) is 6.54 Å². The van der Waals surface area contributed by atoms with Crippen LogP contribution in [0.15, 0.2) is 24.3 Å². The van der Waals surface area contributed by atoms with Crippen molar-refractivity contribution in [1.29, 1.82) is 0 Å². The smallest absolute Gasteiger partial charge is 0.123 e. The average molecular weight is 196 g/mol. The van der Waals surface area contributed by atoms with Crippen molar-refractivity contribution < 1.29 is 4.39 Å². The molecule has 0 fully saturated rings. The molecule has 0 bridgehead atoms. The number of hydrogen-bond acceptors (Lipinski definition) is 2. The SMILES string of the molecule is CNCC(C)NCc1cccc(F)c1. The van der Waals surface area contributed by atoms with Gasteiger partial charge in [0, 0.05) is 19.1 Å². The number of hydrogen-bond donors (Lipinski definition) is 2. The van der Waals surface area contributed by atoms with E-state index in [9.17, 15) is 4.39 Å². The first kappa shape index (κ1) is 11.1. The molecule has 1 unspecified atom stereocenters. The van der Waals surface area contributed by atoms with Crippen LogP contribution in [-0.4, -0.2) is 19.6 Å². The molecule has 0 saturated carbocycles. The highest BCUT2D eigenvalue weighted by atomic mass is 19.1. The Bertz CT molecular complexity index is 276. The van der Waals surface area contributed by atoms with Crippen LogP contribution >= 0.6 is 0 Å². The topological polar surface area (TPSA) is 24.1 Å². The molecular formula is C11H17FN2. The first-order chi connectivity index (χ1) is 6.72. The molecule has 0 aromatic heterocycles. The number of nitrogens with one attached hydrogen (secondary N) is 2. The molecule has 3 heteroatoms. The molecule has 2 nitrogen and oxygen atoms in total. The first-order valence-corrected chi connectivity index (χ1v) is 4.85. The van der Waals surface area contributed by atoms with Crippen LogP contribution in [0, 0.1) is 5.82 Å². The molecule has 2 N–H and O–H groups in total. The molecule has 0 aliphatic rings. The van der Waals surface area contributed by atoms with Gasteiger partial charge in [-0.25, -0.2) is 4.39 Å². The second-order valence-electron chi connectivity index (χ2n) is 3.47. The van der Waals surface area contributed by atoms with E-state index in [-0.39, 0.29) is 5.82 Å². The minimum Gasteiger partial charge on any atom is -0.318 e. The Labute approximate surface area is 84.5 Å². The van der Waals surface area contributed by atoms with Crippen molar-refractivity contribution >= 4 is 0 Å². The van der Waals surface area contributed by atoms with Gasteiger partial charge in [0.15, 0.2) is 0 Å². The first-order valence-electron chi connectivity index (χ1n) is 4.85. The van der Waals surface area contributed by atoms with E-state index in [1.54, 1.807) is 12.1 Å². The van der Waals surface area contributed by atoms with Crippen molar-refractivity contribution in [2.75, 3.05) is 13.6 Å². The summed E-state index contributed by atoms with van der Waals surface area (Å²) in [4.78, 5) is 0. The summed E-state index contributed by atoms with van der Waals surface area (Å²) in [5.74, 6) is -0.175. The van der Waals surface area contributed by atoms with Gasteiger partial charge in [0.2, 0.25) is 0 Å². The van der Waals surface area contributed by atoms with Crippen LogP contribution in [0.3, 0.4) is 0 Å². The minimum atomic E-state index is -0.175. The van der Waals surface area contributed by atoms with Gasteiger partial charge in [0.1, 0.15) is 5.82 Å². The van der Waals surface area contributed by atoms with Crippen LogP contribution < -0.4 is 10.6 Å². The maximum Gasteiger partial charge on any atom is 0.123 e. The normalized spacial score (nSPS) is 12.8. The highest BCUT2D eigenvalue weighted by Gasteiger charge is 1.99. The van der Waals surface area contributed by atoms with Gasteiger partial charge in [-0.05, 0) is 31.7 Å². The summed E-state index contributed by atoms with van der Waals surface area (Å²) in [6.07, 6.45) is 0. The summed E-state index contributed by atoms with van der Waals surface area (Å²) in [5, 5.41) is 6.38. The number of halogens is 1. The second kappa shape index (κ2) is 5.73. The van der Waals surface area contributed by atoms with Crippen molar-refractivity contribution in [3.05, 3.63) is 35.6 Å². The largest absolute Gasteiger partial charge is 0.318 e. The molecule has 1 atom stereocenters. The van der Waals surface area contributed by atoms with E-state index in [4.69, 9.17) is 0 Å². The molecule has 0 saturated heterocycles. The summed E-state index contributed by atoms with van der Waals surface area (Å²) in [7, 11) is 1.92. The van der Waals surface area contributed by atoms with Crippen molar-refractivity contribution in [2.45, 2.75) is 19.5 Å². The quantitative estimate of drug-likeness (QED) is 0.746. The van der Waals surface area contributed by atoms with E-state index in [1.807, 2.05) is 13.1 Å². The Hall–Kier alpha value is -0.930. The molecule has 78 valence electrons. The number of rotatable bonds is 5. The third kappa shape index (κ3) is 3.85. The minimum absolute atomic E-state index is 0.175. The zero-order valence-electron chi connectivity index (χ0n) is 8.68. The van der Waals surface area contributed by atoms with Gasteiger partial charge in [-0.1, -0.05) is 12.1 Å². The van der Waals surface area contributed by atoms with E-state index in [0.29, 0.717) is 12.6 Å². The summed E-state index contributed by atoms with van der Waals surface area (Å²) in [5.41, 5.74) is 0.980. The Kier molecular flexibility index (Phi) is 4.56. The highest BCUT2D eigenvalue weighted by molar-refractivity contribution is 5.15. The molecule has 1 aromatic carbocycles. The van der Waals surface area contributed by atoms with E-state index >= 15 is 0 Å². The lowest BCUT2D eigenvalue weighted by molar-refractivity contribution is 0.521. The molecule has 1 aromatic rings. The lowest BCUT2D eigenvalue weighted by atomic mass is 10.2. The Morgan fingerprint density at radius 3 is 2.86 bits per heavy atom. The Morgan fingerprint density at radius 2 is 2.21 bits per heavy atom. The highest BCUT2D eigenvalue weighted by Crippen LogP contribution is 2.02. The maximum absolute atomic E-state index is 12.8. The Balaban J connectivity index is 2.37. The van der Waals surface area contributed by atoms with Crippen molar-refractivity contribution in [1.82, 2.24) is 10.6 Å². The summed E-state index contributed by atoms with van der Waals surface area (Å²) >= 11 is 0. The van der Waals surface area contributed by atoms with Crippen molar-refractivity contribution in [2.24, 2.45) is 0 Å². The van der Waals surface area contributed by atoms with Gasteiger partial charge < -0.3 is 10.6 Å². The number of likely N-dealkylation sites (N-methyl/N-ethyl adjacent to an activating group) is 1. The predicted molar refractivity (Wildman–Crippen MR) is 56.6 cm³/mol. The molecule has 0 amide bonds. The van der Waals surface area contributed by atoms with Crippen LogP contribution in [0.2, 0.25) is 0 Å². The fourth-order valence-electron chi connectivity index (χ4n) is 1.32. The molecule has 0 spiro atoms. The molecule has 1 rings (SSSR count). The van der Waals surface area contributed by atoms with Gasteiger partial charge in [0.05, 0.1) is 0 Å². The summed E-state index contributed by atoms with van der Waals surface area (Å²) < 4.78 is 12.8. The second-order valence-corrected chi connectivity index (χ2v) is 3.47. The zero-order valence-corrected chi connectivity index (χ0v) is 8.68. The van der Waals surface area contributed by atoms with Crippen molar-refractivity contribution in [3.8, 4) is 0 Å². The van der Waals surface area contributed by atoms with Gasteiger partial charge in [-0.15, -0.1) is 0 Å². The van der Waals surface area contributed by atoms with Crippen LogP contribution in [0.5, 0.6) is 0 Å². The Morgan fingerprint density at radius 1 is 1.43 bits per heavy atom. The monoisotopic (exact) mass is 196 g/mol. The van der Waals surface area contributed by atoms with Gasteiger partial charge in [-0.3, -0.25) is 0 Å². The van der Waals surface area contributed by atoms with Crippen LogP contribution in [0.25, 0.3) is 0 Å².